The van der Waals surface area contributed by atoms with E-state index >= 15 is 0 Å². The number of hydrogen-bond donors (Lipinski definition) is 6. The monoisotopic (exact) mass is 416 g/mol. The number of nitrogens with two attached hydrogens (primary N) is 1. The van der Waals surface area contributed by atoms with Gasteiger partial charge in [-0.05, 0) is 19.8 Å². The van der Waals surface area contributed by atoms with Crippen LogP contribution in [0.5, 0.6) is 0 Å². The number of nitrogens with one attached hydrogen (secondary N) is 2. The number of carboxylic acid groups (broad SMARTS) is 3. The number of rotatable bonds is 10. The van der Waals surface area contributed by atoms with Gasteiger partial charge in [-0.3, -0.25) is 28.8 Å². The van der Waals surface area contributed by atoms with E-state index in [1.807, 2.05) is 0 Å². The summed E-state index contributed by atoms with van der Waals surface area (Å²) < 4.78 is 0. The molecule has 1 aliphatic heterocycles. The van der Waals surface area contributed by atoms with Crippen LogP contribution in [0.3, 0.4) is 0 Å². The number of carbonyl (C=O) groups is 6. The summed E-state index contributed by atoms with van der Waals surface area (Å²) in [6, 6.07) is -5.28. The predicted molar refractivity (Wildman–Crippen MR) is 94.4 cm³/mol. The molecule has 13 heteroatoms. The summed E-state index contributed by atoms with van der Waals surface area (Å²) in [5, 5.41) is 30.9. The van der Waals surface area contributed by atoms with E-state index < -0.39 is 72.6 Å². The molecule has 162 valence electrons. The van der Waals surface area contributed by atoms with E-state index in [-0.39, 0.29) is 13.0 Å². The van der Waals surface area contributed by atoms with Crippen LogP contribution in [0.4, 0.5) is 0 Å². The first-order valence-electron chi connectivity index (χ1n) is 8.77. The van der Waals surface area contributed by atoms with Gasteiger partial charge in [-0.1, -0.05) is 0 Å². The number of amides is 3. The van der Waals surface area contributed by atoms with Gasteiger partial charge in [-0.25, -0.2) is 0 Å². The van der Waals surface area contributed by atoms with Crippen molar-refractivity contribution >= 4 is 35.6 Å². The fourth-order valence-corrected chi connectivity index (χ4v) is 2.82. The van der Waals surface area contributed by atoms with E-state index in [9.17, 15) is 28.8 Å². The van der Waals surface area contributed by atoms with Crippen molar-refractivity contribution in [1.82, 2.24) is 15.5 Å². The van der Waals surface area contributed by atoms with E-state index in [2.05, 4.69) is 10.6 Å². The van der Waals surface area contributed by atoms with Crippen molar-refractivity contribution < 1.29 is 44.1 Å². The molecule has 29 heavy (non-hydrogen) atoms. The number of aliphatic carboxylic acids is 3. The van der Waals surface area contributed by atoms with Gasteiger partial charge in [0.1, 0.15) is 18.1 Å². The first kappa shape index (κ1) is 23.8. The first-order chi connectivity index (χ1) is 13.4. The highest BCUT2D eigenvalue weighted by atomic mass is 16.4. The molecule has 1 heterocycles. The Morgan fingerprint density at radius 1 is 1.03 bits per heavy atom. The SMILES string of the molecule is CC(NC(=O)C(CC(=O)O)NC(=O)C1CCCN1C(=O)C(N)CC(=O)O)C(=O)O. The molecule has 0 aromatic carbocycles. The van der Waals surface area contributed by atoms with E-state index in [4.69, 9.17) is 21.1 Å². The third-order valence-corrected chi connectivity index (χ3v) is 4.29. The number of nitrogens with zero attached hydrogens (tertiary/aromatic N) is 1. The smallest absolute Gasteiger partial charge is 0.325 e. The lowest BCUT2D eigenvalue weighted by molar-refractivity contribution is -0.145. The second-order valence-electron chi connectivity index (χ2n) is 6.62. The summed E-state index contributed by atoms with van der Waals surface area (Å²) in [7, 11) is 0. The van der Waals surface area contributed by atoms with Crippen LogP contribution in [0.2, 0.25) is 0 Å². The largest absolute Gasteiger partial charge is 0.481 e. The minimum Gasteiger partial charge on any atom is -0.481 e. The van der Waals surface area contributed by atoms with Crippen molar-refractivity contribution in [3.8, 4) is 0 Å². The van der Waals surface area contributed by atoms with Crippen LogP contribution in [0.1, 0.15) is 32.6 Å². The van der Waals surface area contributed by atoms with Crippen molar-refractivity contribution in [1.29, 1.82) is 0 Å². The molecule has 0 aromatic heterocycles. The maximum absolute atomic E-state index is 12.6. The van der Waals surface area contributed by atoms with Crippen molar-refractivity contribution in [3.63, 3.8) is 0 Å². The molecule has 1 fully saturated rings. The van der Waals surface area contributed by atoms with Gasteiger partial charge in [0, 0.05) is 6.54 Å². The second kappa shape index (κ2) is 10.4. The Balaban J connectivity index is 2.87. The lowest BCUT2D eigenvalue weighted by atomic mass is 10.1. The highest BCUT2D eigenvalue weighted by molar-refractivity contribution is 5.96. The van der Waals surface area contributed by atoms with Crippen LogP contribution < -0.4 is 16.4 Å². The van der Waals surface area contributed by atoms with E-state index in [0.717, 1.165) is 4.90 Å². The van der Waals surface area contributed by atoms with Gasteiger partial charge in [0.15, 0.2) is 0 Å². The lowest BCUT2D eigenvalue weighted by Gasteiger charge is -2.27. The normalized spacial score (nSPS) is 19.0. The molecule has 0 radical (unpaired) electrons. The Bertz CT molecular complexity index is 696. The number of carbonyl (C=O) groups excluding carboxylic acids is 3. The molecular formula is C16H24N4O9. The molecule has 1 saturated heterocycles. The molecule has 3 amide bonds. The van der Waals surface area contributed by atoms with Crippen LogP contribution in [-0.4, -0.2) is 86.6 Å². The topological polar surface area (TPSA) is 216 Å². The maximum Gasteiger partial charge on any atom is 0.325 e. The van der Waals surface area contributed by atoms with Crippen molar-refractivity contribution in [2.24, 2.45) is 5.73 Å². The second-order valence-corrected chi connectivity index (χ2v) is 6.62. The van der Waals surface area contributed by atoms with Crippen LogP contribution in [0.15, 0.2) is 0 Å². The third-order valence-electron chi connectivity index (χ3n) is 4.29. The van der Waals surface area contributed by atoms with Gasteiger partial charge >= 0.3 is 17.9 Å². The third kappa shape index (κ3) is 7.03. The fraction of sp³-hybridized carbons (Fsp3) is 0.625. The lowest BCUT2D eigenvalue weighted by Crippen LogP contribution is -2.56. The van der Waals surface area contributed by atoms with Crippen molar-refractivity contribution in [3.05, 3.63) is 0 Å². The van der Waals surface area contributed by atoms with Crippen LogP contribution in [0, 0.1) is 0 Å². The number of likely N-dealkylation sites (tertiary alicyclic amines) is 1. The molecule has 0 saturated carbocycles. The van der Waals surface area contributed by atoms with Crippen molar-refractivity contribution in [2.75, 3.05) is 6.54 Å². The highest BCUT2D eigenvalue weighted by Gasteiger charge is 2.38. The minimum absolute atomic E-state index is 0.149. The average Bonchev–Trinajstić information content (AvgIpc) is 3.08. The van der Waals surface area contributed by atoms with Gasteiger partial charge in [-0.15, -0.1) is 0 Å². The summed E-state index contributed by atoms with van der Waals surface area (Å²) in [4.78, 5) is 70.8. The molecule has 7 N–H and O–H groups in total. The Labute approximate surface area is 165 Å². The van der Waals surface area contributed by atoms with E-state index in [1.54, 1.807) is 0 Å². The maximum atomic E-state index is 12.6. The average molecular weight is 416 g/mol. The molecule has 1 aliphatic rings. The first-order valence-corrected chi connectivity index (χ1v) is 8.77. The Kier molecular flexibility index (Phi) is 8.51. The molecule has 0 spiro atoms. The number of carboxylic acids is 3. The molecule has 1 rings (SSSR count). The highest BCUT2D eigenvalue weighted by Crippen LogP contribution is 2.19. The summed E-state index contributed by atoms with van der Waals surface area (Å²) in [6.07, 6.45) is -0.788. The zero-order chi connectivity index (χ0) is 22.3. The standard InChI is InChI=1S/C16H24N4O9/c1-7(16(28)29)18-13(25)9(6-12(23)24)19-14(26)10-3-2-4-20(10)15(27)8(17)5-11(21)22/h7-10H,2-6,17H2,1H3,(H,18,25)(H,19,26)(H,21,22)(H,23,24)(H,28,29). The molecule has 0 aliphatic carbocycles. The molecular weight excluding hydrogens is 392 g/mol. The zero-order valence-corrected chi connectivity index (χ0v) is 15.7. The van der Waals surface area contributed by atoms with Crippen molar-refractivity contribution in [2.45, 2.75) is 56.8 Å². The molecule has 13 nitrogen and oxygen atoms in total. The molecule has 4 atom stereocenters. The summed E-state index contributed by atoms with van der Waals surface area (Å²) >= 11 is 0. The predicted octanol–water partition coefficient (Wildman–Crippen LogP) is -2.67. The van der Waals surface area contributed by atoms with E-state index in [0.29, 0.717) is 6.42 Å². The summed E-state index contributed by atoms with van der Waals surface area (Å²) in [6.45, 7) is 1.32. The van der Waals surface area contributed by atoms with Gasteiger partial charge in [-0.2, -0.15) is 0 Å². The minimum atomic E-state index is -1.56. The molecule has 0 bridgehead atoms. The van der Waals surface area contributed by atoms with Gasteiger partial charge in [0.25, 0.3) is 0 Å². The van der Waals surface area contributed by atoms with Gasteiger partial charge in [0.05, 0.1) is 18.9 Å². The summed E-state index contributed by atoms with van der Waals surface area (Å²) in [5.41, 5.74) is 5.56. The quantitative estimate of drug-likeness (QED) is 0.217. The fourth-order valence-electron chi connectivity index (χ4n) is 2.82. The Morgan fingerprint density at radius 2 is 1.62 bits per heavy atom. The van der Waals surface area contributed by atoms with Gasteiger partial charge in [0.2, 0.25) is 17.7 Å². The Morgan fingerprint density at radius 3 is 2.14 bits per heavy atom. The van der Waals surface area contributed by atoms with E-state index in [1.165, 1.54) is 6.92 Å². The zero-order valence-electron chi connectivity index (χ0n) is 15.7. The Hall–Kier alpha value is -3.22. The molecule has 4 unspecified atom stereocenters. The number of hydrogen-bond acceptors (Lipinski definition) is 7. The van der Waals surface area contributed by atoms with Crippen LogP contribution in [0.25, 0.3) is 0 Å². The van der Waals surface area contributed by atoms with Crippen LogP contribution >= 0.6 is 0 Å². The van der Waals surface area contributed by atoms with Gasteiger partial charge < -0.3 is 36.6 Å². The molecule has 0 aromatic rings. The summed E-state index contributed by atoms with van der Waals surface area (Å²) in [5.74, 6) is -6.60. The van der Waals surface area contributed by atoms with Crippen LogP contribution in [-0.2, 0) is 28.8 Å².